The minimum absolute atomic E-state index is 1.05. The summed E-state index contributed by atoms with van der Waals surface area (Å²) in [4.78, 5) is 0. The van der Waals surface area contributed by atoms with E-state index in [1.807, 2.05) is 0 Å². The van der Waals surface area contributed by atoms with Gasteiger partial charge in [-0.15, -0.1) is 0 Å². The molecule has 0 aromatic carbocycles. The predicted octanol–water partition coefficient (Wildman–Crippen LogP) is 4.02. The number of nitrogens with one attached hydrogen (secondary N) is 1. The van der Waals surface area contributed by atoms with Crippen molar-refractivity contribution in [3.8, 4) is 0 Å². The molecule has 0 aromatic rings. The maximum atomic E-state index is 5.25. The van der Waals surface area contributed by atoms with E-state index in [-0.39, 0.29) is 0 Å². The smallest absolute Gasteiger partial charge is 0.00704 e. The van der Waals surface area contributed by atoms with Crippen LogP contribution in [-0.4, -0.2) is 6.54 Å². The highest BCUT2D eigenvalue weighted by molar-refractivity contribution is 7.95. The first-order valence-electron chi connectivity index (χ1n) is 6.50. The third-order valence-electron chi connectivity index (χ3n) is 2.72. The van der Waals surface area contributed by atoms with Crippen LogP contribution in [0.2, 0.25) is 0 Å². The molecule has 0 saturated carbocycles. The van der Waals surface area contributed by atoms with Gasteiger partial charge in [-0.05, 0) is 6.42 Å². The highest BCUT2D eigenvalue weighted by Gasteiger charge is 1.92. The Labute approximate surface area is 100 Å². The summed E-state index contributed by atoms with van der Waals surface area (Å²) >= 11 is 1.23. The maximum Gasteiger partial charge on any atom is 0.00704 e. The van der Waals surface area contributed by atoms with Crippen molar-refractivity contribution in [3.05, 3.63) is 0 Å². The summed E-state index contributed by atoms with van der Waals surface area (Å²) < 4.78 is 3.07. The molecule has 0 fully saturated rings. The lowest BCUT2D eigenvalue weighted by Crippen LogP contribution is -2.08. The van der Waals surface area contributed by atoms with Gasteiger partial charge in [0, 0.05) is 18.7 Å². The summed E-state index contributed by atoms with van der Waals surface area (Å²) in [5, 5.41) is 5.25. The zero-order valence-corrected chi connectivity index (χ0v) is 11.1. The van der Waals surface area contributed by atoms with Crippen LogP contribution in [0.4, 0.5) is 0 Å². The molecular formula is C12H28N2S. The van der Waals surface area contributed by atoms with E-state index in [0.29, 0.717) is 0 Å². The zero-order chi connectivity index (χ0) is 11.2. The lowest BCUT2D eigenvalue weighted by atomic mass is 10.1. The van der Waals surface area contributed by atoms with Crippen LogP contribution in [0.15, 0.2) is 0 Å². The highest BCUT2D eigenvalue weighted by atomic mass is 32.2. The molecule has 15 heavy (non-hydrogen) atoms. The summed E-state index contributed by atoms with van der Waals surface area (Å²) in [6.45, 7) is 3.32. The highest BCUT2D eigenvalue weighted by Crippen LogP contribution is 2.10. The molecule has 0 radical (unpaired) electrons. The average Bonchev–Trinajstić information content (AvgIpc) is 2.26. The lowest BCUT2D eigenvalue weighted by Gasteiger charge is -2.02. The van der Waals surface area contributed by atoms with E-state index in [0.717, 1.165) is 6.54 Å². The van der Waals surface area contributed by atoms with Crippen LogP contribution >= 0.6 is 12.1 Å². The molecule has 0 unspecified atom stereocenters. The van der Waals surface area contributed by atoms with Gasteiger partial charge in [0.25, 0.3) is 0 Å². The first kappa shape index (κ1) is 15.3. The molecule has 0 aliphatic carbocycles. The fraction of sp³-hybridized carbons (Fsp3) is 1.00. The fourth-order valence-corrected chi connectivity index (χ4v) is 2.01. The summed E-state index contributed by atoms with van der Waals surface area (Å²) in [5.41, 5.74) is 0. The molecule has 3 heteroatoms. The maximum absolute atomic E-state index is 5.25. The number of hydrogen-bond donors (Lipinski definition) is 2. The van der Waals surface area contributed by atoms with Gasteiger partial charge in [0.2, 0.25) is 0 Å². The van der Waals surface area contributed by atoms with Gasteiger partial charge in [0.1, 0.15) is 0 Å². The average molecular weight is 232 g/mol. The minimum atomic E-state index is 1.05. The summed E-state index contributed by atoms with van der Waals surface area (Å²) in [6.07, 6.45) is 14.0. The van der Waals surface area contributed by atoms with Gasteiger partial charge in [0.05, 0.1) is 0 Å². The van der Waals surface area contributed by atoms with Gasteiger partial charge in [0.15, 0.2) is 0 Å². The molecule has 0 spiro atoms. The van der Waals surface area contributed by atoms with Gasteiger partial charge >= 0.3 is 0 Å². The largest absolute Gasteiger partial charge is 0.264 e. The number of rotatable bonds is 12. The van der Waals surface area contributed by atoms with Crippen molar-refractivity contribution in [2.24, 2.45) is 5.14 Å². The zero-order valence-electron chi connectivity index (χ0n) is 10.3. The Morgan fingerprint density at radius 1 is 0.800 bits per heavy atom. The first-order valence-corrected chi connectivity index (χ1v) is 7.38. The normalized spacial score (nSPS) is 10.8. The molecule has 0 aliphatic heterocycles. The molecule has 2 nitrogen and oxygen atoms in total. The summed E-state index contributed by atoms with van der Waals surface area (Å²) in [6, 6.07) is 0. The van der Waals surface area contributed by atoms with Crippen molar-refractivity contribution in [3.63, 3.8) is 0 Å². The third-order valence-corrected chi connectivity index (χ3v) is 3.09. The molecule has 0 aliphatic rings. The molecule has 3 N–H and O–H groups in total. The van der Waals surface area contributed by atoms with Gasteiger partial charge < -0.3 is 0 Å². The predicted molar refractivity (Wildman–Crippen MR) is 71.6 cm³/mol. The van der Waals surface area contributed by atoms with Gasteiger partial charge in [-0.1, -0.05) is 64.7 Å². The monoisotopic (exact) mass is 232 g/mol. The van der Waals surface area contributed by atoms with Crippen LogP contribution in [-0.2, 0) is 0 Å². The molecule has 92 valence electrons. The van der Waals surface area contributed by atoms with Crippen LogP contribution < -0.4 is 9.86 Å². The van der Waals surface area contributed by atoms with Gasteiger partial charge in [-0.2, -0.15) is 0 Å². The van der Waals surface area contributed by atoms with Crippen LogP contribution in [0.1, 0.15) is 71.1 Å². The number of nitrogens with two attached hydrogens (primary N) is 1. The van der Waals surface area contributed by atoms with E-state index < -0.39 is 0 Å². The SMILES string of the molecule is CCCCCCCCCCCCNSN. The summed E-state index contributed by atoms with van der Waals surface area (Å²) in [5.74, 6) is 0. The fourth-order valence-electron chi connectivity index (χ4n) is 1.74. The second-order valence-electron chi connectivity index (χ2n) is 4.19. The first-order chi connectivity index (χ1) is 7.41. The molecule has 0 saturated heterocycles. The summed E-state index contributed by atoms with van der Waals surface area (Å²) in [7, 11) is 0. The van der Waals surface area contributed by atoms with Crippen molar-refractivity contribution >= 4 is 12.1 Å². The van der Waals surface area contributed by atoms with E-state index in [9.17, 15) is 0 Å². The molecule has 0 aromatic heterocycles. The van der Waals surface area contributed by atoms with Crippen molar-refractivity contribution in [2.75, 3.05) is 6.54 Å². The van der Waals surface area contributed by atoms with E-state index in [4.69, 9.17) is 5.14 Å². The van der Waals surface area contributed by atoms with Crippen LogP contribution in [0, 0.1) is 0 Å². The molecule has 0 rings (SSSR count). The minimum Gasteiger partial charge on any atom is -0.264 e. The van der Waals surface area contributed by atoms with Crippen LogP contribution in [0.5, 0.6) is 0 Å². The lowest BCUT2D eigenvalue weighted by molar-refractivity contribution is 0.556. The topological polar surface area (TPSA) is 38.0 Å². The van der Waals surface area contributed by atoms with Gasteiger partial charge in [-0.25, -0.2) is 0 Å². The molecule has 0 amide bonds. The number of unbranched alkanes of at least 4 members (excludes halogenated alkanes) is 9. The van der Waals surface area contributed by atoms with Gasteiger partial charge in [-0.3, -0.25) is 9.86 Å². The Balaban J connectivity index is 2.81. The van der Waals surface area contributed by atoms with Crippen molar-refractivity contribution in [1.82, 2.24) is 4.72 Å². The molecule has 0 heterocycles. The van der Waals surface area contributed by atoms with E-state index >= 15 is 0 Å². The van der Waals surface area contributed by atoms with Crippen molar-refractivity contribution in [1.29, 1.82) is 0 Å². The Bertz CT molecular complexity index is 97.8. The number of hydrogen-bond acceptors (Lipinski definition) is 3. The quantitative estimate of drug-likeness (QED) is 0.394. The van der Waals surface area contributed by atoms with Crippen LogP contribution in [0.25, 0.3) is 0 Å². The molecule has 0 atom stereocenters. The standard InChI is InChI=1S/C12H28N2S/c1-2-3-4-5-6-7-8-9-10-11-12-14-15-13/h14H,2-13H2,1H3. The van der Waals surface area contributed by atoms with Crippen molar-refractivity contribution < 1.29 is 0 Å². The van der Waals surface area contributed by atoms with E-state index in [1.54, 1.807) is 0 Å². The Morgan fingerprint density at radius 2 is 1.27 bits per heavy atom. The molecular weight excluding hydrogens is 204 g/mol. The molecule has 0 bridgehead atoms. The Kier molecular flexibility index (Phi) is 14.5. The van der Waals surface area contributed by atoms with Crippen LogP contribution in [0.3, 0.4) is 0 Å². The Morgan fingerprint density at radius 3 is 1.73 bits per heavy atom. The van der Waals surface area contributed by atoms with E-state index in [2.05, 4.69) is 11.6 Å². The van der Waals surface area contributed by atoms with E-state index in [1.165, 1.54) is 76.3 Å². The van der Waals surface area contributed by atoms with Crippen molar-refractivity contribution in [2.45, 2.75) is 71.1 Å². The second-order valence-corrected chi connectivity index (χ2v) is 4.72. The Hall–Kier alpha value is 0.270. The second kappa shape index (κ2) is 14.3. The third kappa shape index (κ3) is 14.3.